The van der Waals surface area contributed by atoms with Crippen molar-refractivity contribution in [2.45, 2.75) is 52.1 Å². The van der Waals surface area contributed by atoms with Crippen LogP contribution in [0.2, 0.25) is 0 Å². The molecule has 0 saturated heterocycles. The van der Waals surface area contributed by atoms with E-state index >= 15 is 0 Å². The quantitative estimate of drug-likeness (QED) is 0.872. The number of carbonyl (C=O) groups excluding carboxylic acids is 1. The van der Waals surface area contributed by atoms with Crippen LogP contribution < -0.4 is 10.2 Å². The topological polar surface area (TPSA) is 32.3 Å². The van der Waals surface area contributed by atoms with Gasteiger partial charge >= 0.3 is 0 Å². The smallest absolute Gasteiger partial charge is 0.221 e. The Morgan fingerprint density at radius 3 is 2.46 bits per heavy atom. The lowest BCUT2D eigenvalue weighted by Crippen LogP contribution is -2.40. The van der Waals surface area contributed by atoms with Gasteiger partial charge in [-0.2, -0.15) is 0 Å². The zero-order valence-corrected chi connectivity index (χ0v) is 15.1. The summed E-state index contributed by atoms with van der Waals surface area (Å²) in [5.74, 6) is -0.0390. The predicted molar refractivity (Wildman–Crippen MR) is 101 cm³/mol. The predicted octanol–water partition coefficient (Wildman–Crippen LogP) is 4.89. The van der Waals surface area contributed by atoms with E-state index in [1.807, 2.05) is 6.07 Å². The first-order chi connectivity index (χ1) is 11.3. The van der Waals surface area contributed by atoms with E-state index in [0.717, 1.165) is 5.69 Å². The second-order valence-corrected chi connectivity index (χ2v) is 7.30. The third-order valence-electron chi connectivity index (χ3n) is 5.45. The Kier molecular flexibility index (Phi) is 4.12. The summed E-state index contributed by atoms with van der Waals surface area (Å²) in [4.78, 5) is 13.9. The number of amides is 1. The maximum atomic E-state index is 11.4. The SMILES string of the molecule is CC(=O)Nc1ccc2c(c1)N(C(C)c1ccccc1)C(C)C2(C)C. The number of hydrogen-bond donors (Lipinski definition) is 1. The van der Waals surface area contributed by atoms with Crippen LogP contribution in [0.5, 0.6) is 0 Å². The summed E-state index contributed by atoms with van der Waals surface area (Å²) in [6.45, 7) is 10.7. The number of hydrogen-bond acceptors (Lipinski definition) is 2. The fourth-order valence-corrected chi connectivity index (χ4v) is 3.79. The van der Waals surface area contributed by atoms with E-state index < -0.39 is 0 Å². The molecule has 2 atom stereocenters. The molecule has 0 aliphatic carbocycles. The van der Waals surface area contributed by atoms with Gasteiger partial charge in [0.25, 0.3) is 0 Å². The van der Waals surface area contributed by atoms with E-state index in [2.05, 4.69) is 80.4 Å². The van der Waals surface area contributed by atoms with Crippen molar-refractivity contribution in [2.75, 3.05) is 10.2 Å². The number of benzene rings is 2. The van der Waals surface area contributed by atoms with E-state index in [1.54, 1.807) is 6.92 Å². The van der Waals surface area contributed by atoms with E-state index in [1.165, 1.54) is 16.8 Å². The Balaban J connectivity index is 2.07. The normalized spacial score (nSPS) is 19.7. The third kappa shape index (κ3) is 2.68. The Morgan fingerprint density at radius 2 is 1.83 bits per heavy atom. The minimum atomic E-state index is -0.0390. The van der Waals surface area contributed by atoms with E-state index in [4.69, 9.17) is 0 Å². The summed E-state index contributed by atoms with van der Waals surface area (Å²) in [5.41, 5.74) is 4.78. The Bertz CT molecular complexity index is 752. The highest BCUT2D eigenvalue weighted by atomic mass is 16.1. The minimum Gasteiger partial charge on any atom is -0.361 e. The van der Waals surface area contributed by atoms with Crippen LogP contribution >= 0.6 is 0 Å². The van der Waals surface area contributed by atoms with Crippen molar-refractivity contribution < 1.29 is 4.79 Å². The zero-order chi connectivity index (χ0) is 17.5. The molecular formula is C21H26N2O. The molecule has 0 radical (unpaired) electrons. The highest BCUT2D eigenvalue weighted by Crippen LogP contribution is 2.49. The molecule has 1 heterocycles. The average Bonchev–Trinajstić information content (AvgIpc) is 2.74. The van der Waals surface area contributed by atoms with Crippen LogP contribution in [0.25, 0.3) is 0 Å². The number of fused-ring (bicyclic) bond motifs is 1. The Morgan fingerprint density at radius 1 is 1.17 bits per heavy atom. The maximum absolute atomic E-state index is 11.4. The summed E-state index contributed by atoms with van der Waals surface area (Å²) in [6, 6.07) is 17.5. The van der Waals surface area contributed by atoms with Crippen molar-refractivity contribution in [3.63, 3.8) is 0 Å². The maximum Gasteiger partial charge on any atom is 0.221 e. The van der Waals surface area contributed by atoms with Crippen molar-refractivity contribution in [3.05, 3.63) is 59.7 Å². The van der Waals surface area contributed by atoms with Gasteiger partial charge in [0.05, 0.1) is 6.04 Å². The summed E-state index contributed by atoms with van der Waals surface area (Å²) in [6.07, 6.45) is 0. The van der Waals surface area contributed by atoms with Gasteiger partial charge < -0.3 is 10.2 Å². The first-order valence-corrected chi connectivity index (χ1v) is 8.57. The monoisotopic (exact) mass is 322 g/mol. The second kappa shape index (κ2) is 5.97. The largest absolute Gasteiger partial charge is 0.361 e. The van der Waals surface area contributed by atoms with Crippen LogP contribution in [0.4, 0.5) is 11.4 Å². The number of nitrogens with zero attached hydrogens (tertiary/aromatic N) is 1. The van der Waals surface area contributed by atoms with Crippen LogP contribution in [-0.2, 0) is 10.2 Å². The number of anilines is 2. The Labute approximate surface area is 144 Å². The van der Waals surface area contributed by atoms with Crippen molar-refractivity contribution in [2.24, 2.45) is 0 Å². The summed E-state index contributed by atoms with van der Waals surface area (Å²) < 4.78 is 0. The molecule has 0 bridgehead atoms. The van der Waals surface area contributed by atoms with Crippen molar-refractivity contribution in [1.29, 1.82) is 0 Å². The number of carbonyl (C=O) groups is 1. The fourth-order valence-electron chi connectivity index (χ4n) is 3.79. The average molecular weight is 322 g/mol. The molecule has 0 fully saturated rings. The highest BCUT2D eigenvalue weighted by molar-refractivity contribution is 5.89. The lowest BCUT2D eigenvalue weighted by Gasteiger charge is -2.36. The standard InChI is InChI=1S/C21H26N2O/c1-14(17-9-7-6-8-10-17)23-15(2)21(4,5)19-12-11-18(13-20(19)23)22-16(3)24/h6-15H,1-5H3,(H,22,24). The molecule has 1 aliphatic heterocycles. The van der Waals surface area contributed by atoms with Gasteiger partial charge in [-0.25, -0.2) is 0 Å². The van der Waals surface area contributed by atoms with Gasteiger partial charge in [0.15, 0.2) is 0 Å². The molecule has 0 saturated carbocycles. The molecule has 2 aromatic rings. The number of nitrogens with one attached hydrogen (secondary N) is 1. The molecule has 3 rings (SSSR count). The van der Waals surface area contributed by atoms with E-state index in [-0.39, 0.29) is 17.4 Å². The molecule has 3 heteroatoms. The van der Waals surface area contributed by atoms with Crippen LogP contribution in [0.15, 0.2) is 48.5 Å². The molecule has 24 heavy (non-hydrogen) atoms. The van der Waals surface area contributed by atoms with Gasteiger partial charge in [-0.3, -0.25) is 4.79 Å². The molecule has 3 nitrogen and oxygen atoms in total. The van der Waals surface area contributed by atoms with Crippen LogP contribution in [-0.4, -0.2) is 11.9 Å². The van der Waals surface area contributed by atoms with E-state index in [0.29, 0.717) is 6.04 Å². The highest BCUT2D eigenvalue weighted by Gasteiger charge is 2.43. The minimum absolute atomic E-state index is 0.0390. The lowest BCUT2D eigenvalue weighted by molar-refractivity contribution is -0.114. The first-order valence-electron chi connectivity index (χ1n) is 8.57. The lowest BCUT2D eigenvalue weighted by atomic mass is 9.81. The number of rotatable bonds is 3. The van der Waals surface area contributed by atoms with Gasteiger partial charge in [0, 0.05) is 29.8 Å². The molecule has 1 N–H and O–H groups in total. The molecule has 0 aromatic heterocycles. The van der Waals surface area contributed by atoms with Crippen LogP contribution in [0.3, 0.4) is 0 Å². The van der Waals surface area contributed by atoms with E-state index in [9.17, 15) is 4.79 Å². The molecular weight excluding hydrogens is 296 g/mol. The fraction of sp³-hybridized carbons (Fsp3) is 0.381. The van der Waals surface area contributed by atoms with Crippen LogP contribution in [0.1, 0.15) is 51.8 Å². The van der Waals surface area contributed by atoms with Gasteiger partial charge in [0.1, 0.15) is 0 Å². The zero-order valence-electron chi connectivity index (χ0n) is 15.1. The molecule has 1 aliphatic rings. The van der Waals surface area contributed by atoms with Gasteiger partial charge in [0.2, 0.25) is 5.91 Å². The van der Waals surface area contributed by atoms with Crippen LogP contribution in [0, 0.1) is 0 Å². The van der Waals surface area contributed by atoms with Gasteiger partial charge in [-0.05, 0) is 37.1 Å². The van der Waals surface area contributed by atoms with Crippen molar-refractivity contribution in [3.8, 4) is 0 Å². The Hall–Kier alpha value is -2.29. The van der Waals surface area contributed by atoms with Crippen molar-refractivity contribution >= 4 is 17.3 Å². The third-order valence-corrected chi connectivity index (χ3v) is 5.45. The molecule has 2 unspecified atom stereocenters. The molecule has 1 amide bonds. The molecule has 126 valence electrons. The first kappa shape index (κ1) is 16.6. The molecule has 0 spiro atoms. The summed E-state index contributed by atoms with van der Waals surface area (Å²) >= 11 is 0. The summed E-state index contributed by atoms with van der Waals surface area (Å²) in [7, 11) is 0. The van der Waals surface area contributed by atoms with Gasteiger partial charge in [-0.1, -0.05) is 50.2 Å². The second-order valence-electron chi connectivity index (χ2n) is 7.30. The summed E-state index contributed by atoms with van der Waals surface area (Å²) in [5, 5.41) is 2.91. The van der Waals surface area contributed by atoms with Crippen molar-refractivity contribution in [1.82, 2.24) is 0 Å². The van der Waals surface area contributed by atoms with Gasteiger partial charge in [-0.15, -0.1) is 0 Å². The molecule has 2 aromatic carbocycles.